The Kier molecular flexibility index (Phi) is 6.80. The van der Waals surface area contributed by atoms with Crippen LogP contribution in [0.3, 0.4) is 0 Å². The maximum atomic E-state index is 12.8. The molecule has 9 heteroatoms. The topological polar surface area (TPSA) is 82.6 Å². The summed E-state index contributed by atoms with van der Waals surface area (Å²) in [6.07, 6.45) is 1.38. The number of piperazine rings is 1. The van der Waals surface area contributed by atoms with E-state index < -0.39 is 15.3 Å². The van der Waals surface area contributed by atoms with E-state index in [-0.39, 0.29) is 10.8 Å². The lowest BCUT2D eigenvalue weighted by Crippen LogP contribution is -2.47. The number of carbonyl (C=O) groups excluding carboxylic acids is 1. The van der Waals surface area contributed by atoms with Crippen molar-refractivity contribution in [3.8, 4) is 0 Å². The Hall–Kier alpha value is -2.46. The number of aromatic nitrogens is 1. The van der Waals surface area contributed by atoms with Crippen LogP contribution in [-0.4, -0.2) is 67.0 Å². The summed E-state index contributed by atoms with van der Waals surface area (Å²) in [4.78, 5) is 19.3. The number of amides is 1. The number of rotatable bonds is 6. The zero-order chi connectivity index (χ0) is 22.7. The van der Waals surface area contributed by atoms with Gasteiger partial charge in [-0.25, -0.2) is 13.4 Å². The maximum absolute atomic E-state index is 12.8. The molecule has 32 heavy (non-hydrogen) atoms. The van der Waals surface area contributed by atoms with Crippen molar-refractivity contribution in [2.24, 2.45) is 0 Å². The third-order valence-corrected chi connectivity index (χ3v) is 8.46. The molecule has 2 aromatic carbocycles. The van der Waals surface area contributed by atoms with Crippen LogP contribution >= 0.6 is 11.8 Å². The normalized spacial score (nSPS) is 16.7. The van der Waals surface area contributed by atoms with Crippen molar-refractivity contribution in [1.29, 1.82) is 0 Å². The number of nitrogens with one attached hydrogen (secondary N) is 1. The smallest absolute Gasteiger partial charge is 0.244 e. The molecule has 4 rings (SSSR count). The van der Waals surface area contributed by atoms with Crippen molar-refractivity contribution in [3.05, 3.63) is 60.8 Å². The molecule has 1 amide bonds. The van der Waals surface area contributed by atoms with Gasteiger partial charge in [0.25, 0.3) is 0 Å². The molecule has 0 bridgehead atoms. The van der Waals surface area contributed by atoms with Crippen molar-refractivity contribution >= 4 is 44.2 Å². The summed E-state index contributed by atoms with van der Waals surface area (Å²) >= 11 is 1.29. The second-order valence-electron chi connectivity index (χ2n) is 7.82. The van der Waals surface area contributed by atoms with Crippen LogP contribution in [0.2, 0.25) is 0 Å². The lowest BCUT2D eigenvalue weighted by atomic mass is 10.1. The molecule has 1 saturated heterocycles. The number of thioether (sulfide) groups is 1. The number of nitrogens with zero attached hydrogens (tertiary/aromatic N) is 3. The molecule has 0 aliphatic carbocycles. The number of anilines is 1. The molecule has 7 nitrogen and oxygen atoms in total. The van der Waals surface area contributed by atoms with Crippen LogP contribution in [0.5, 0.6) is 0 Å². The first kappa shape index (κ1) is 22.7. The Morgan fingerprint density at radius 2 is 1.75 bits per heavy atom. The van der Waals surface area contributed by atoms with Gasteiger partial charge in [0.05, 0.1) is 10.3 Å². The van der Waals surface area contributed by atoms with E-state index in [0.717, 1.165) is 16.5 Å². The largest absolute Gasteiger partial charge is 0.325 e. The summed E-state index contributed by atoms with van der Waals surface area (Å²) < 4.78 is 27.2. The standard InChI is InChI=1S/C23H26N4O3S2/c1-17(23(28)25-21-9-5-7-18-6-3-4-8-20(18)21)31-22-11-10-19(16-24-22)32(29,30)27-14-12-26(2)13-15-27/h3-11,16-17H,12-15H2,1-2H3,(H,25,28)/t17-/m1/s1. The summed E-state index contributed by atoms with van der Waals surface area (Å²) in [6.45, 7) is 4.18. The Labute approximate surface area is 192 Å². The number of carbonyl (C=O) groups is 1. The van der Waals surface area contributed by atoms with Crippen molar-refractivity contribution < 1.29 is 13.2 Å². The minimum atomic E-state index is -3.55. The van der Waals surface area contributed by atoms with E-state index in [2.05, 4.69) is 15.2 Å². The lowest BCUT2D eigenvalue weighted by Gasteiger charge is -2.31. The summed E-state index contributed by atoms with van der Waals surface area (Å²) in [5.74, 6) is -0.137. The van der Waals surface area contributed by atoms with Crippen LogP contribution in [0.25, 0.3) is 10.8 Å². The number of pyridine rings is 1. The predicted octanol–water partition coefficient (Wildman–Crippen LogP) is 3.29. The van der Waals surface area contributed by atoms with Gasteiger partial charge < -0.3 is 10.2 Å². The van der Waals surface area contributed by atoms with Crippen LogP contribution < -0.4 is 5.32 Å². The van der Waals surface area contributed by atoms with Gasteiger partial charge in [-0.2, -0.15) is 4.31 Å². The molecule has 1 aliphatic heterocycles. The molecule has 0 saturated carbocycles. The van der Waals surface area contributed by atoms with Gasteiger partial charge >= 0.3 is 0 Å². The number of fused-ring (bicyclic) bond motifs is 1. The fourth-order valence-electron chi connectivity index (χ4n) is 3.57. The van der Waals surface area contributed by atoms with Gasteiger partial charge in [0.2, 0.25) is 15.9 Å². The first-order valence-electron chi connectivity index (χ1n) is 10.4. The Morgan fingerprint density at radius 3 is 2.47 bits per heavy atom. The highest BCUT2D eigenvalue weighted by atomic mass is 32.2. The number of benzene rings is 2. The molecule has 0 spiro atoms. The second kappa shape index (κ2) is 9.58. The van der Waals surface area contributed by atoms with Crippen LogP contribution in [0, 0.1) is 0 Å². The van der Waals surface area contributed by atoms with E-state index in [0.29, 0.717) is 31.2 Å². The van der Waals surface area contributed by atoms with E-state index >= 15 is 0 Å². The summed E-state index contributed by atoms with van der Waals surface area (Å²) in [5.41, 5.74) is 0.766. The van der Waals surface area contributed by atoms with Gasteiger partial charge in [0.1, 0.15) is 4.90 Å². The number of hydrogen-bond acceptors (Lipinski definition) is 6. The molecule has 1 aliphatic rings. The van der Waals surface area contributed by atoms with Gasteiger partial charge in [0.15, 0.2) is 0 Å². The Balaban J connectivity index is 1.41. The molecule has 1 aromatic heterocycles. The maximum Gasteiger partial charge on any atom is 0.244 e. The summed E-state index contributed by atoms with van der Waals surface area (Å²) in [5, 5.41) is 5.23. The van der Waals surface area contributed by atoms with Gasteiger partial charge in [-0.3, -0.25) is 4.79 Å². The van der Waals surface area contributed by atoms with Gasteiger partial charge in [0, 0.05) is 43.4 Å². The van der Waals surface area contributed by atoms with Crippen molar-refractivity contribution in [3.63, 3.8) is 0 Å². The molecule has 3 aromatic rings. The van der Waals surface area contributed by atoms with Gasteiger partial charge in [-0.15, -0.1) is 0 Å². The van der Waals surface area contributed by atoms with E-state index in [1.165, 1.54) is 22.3 Å². The highest BCUT2D eigenvalue weighted by Crippen LogP contribution is 2.27. The number of likely N-dealkylation sites (N-methyl/N-ethyl adjacent to an activating group) is 1. The fraction of sp³-hybridized carbons (Fsp3) is 0.304. The van der Waals surface area contributed by atoms with Crippen molar-refractivity contribution in [2.45, 2.75) is 22.1 Å². The van der Waals surface area contributed by atoms with Gasteiger partial charge in [-0.05, 0) is 37.6 Å². The fourth-order valence-corrected chi connectivity index (χ4v) is 5.73. The highest BCUT2D eigenvalue weighted by Gasteiger charge is 2.28. The highest BCUT2D eigenvalue weighted by molar-refractivity contribution is 8.00. The van der Waals surface area contributed by atoms with E-state index in [4.69, 9.17) is 0 Å². The Bertz CT molecular complexity index is 1200. The first-order chi connectivity index (χ1) is 15.3. The van der Waals surface area contributed by atoms with E-state index in [1.54, 1.807) is 12.1 Å². The number of sulfonamides is 1. The van der Waals surface area contributed by atoms with Crippen LogP contribution in [0.1, 0.15) is 6.92 Å². The molecule has 1 fully saturated rings. The Morgan fingerprint density at radius 1 is 1.03 bits per heavy atom. The SMILES string of the molecule is C[C@@H](Sc1ccc(S(=O)(=O)N2CCN(C)CC2)cn1)C(=O)Nc1cccc2ccccc12. The molecule has 168 valence electrons. The quantitative estimate of drug-likeness (QED) is 0.557. The van der Waals surface area contributed by atoms with Crippen LogP contribution in [-0.2, 0) is 14.8 Å². The molecule has 0 radical (unpaired) electrons. The third-order valence-electron chi connectivity index (χ3n) is 5.52. The monoisotopic (exact) mass is 470 g/mol. The summed E-state index contributed by atoms with van der Waals surface area (Å²) in [7, 11) is -1.57. The average molecular weight is 471 g/mol. The zero-order valence-electron chi connectivity index (χ0n) is 18.1. The molecule has 1 atom stereocenters. The molecule has 0 unspecified atom stereocenters. The number of hydrogen-bond donors (Lipinski definition) is 1. The van der Waals surface area contributed by atoms with Crippen LogP contribution in [0.4, 0.5) is 5.69 Å². The molecule has 2 heterocycles. The van der Waals surface area contributed by atoms with Gasteiger partial charge in [-0.1, -0.05) is 48.2 Å². The summed E-state index contributed by atoms with van der Waals surface area (Å²) in [6, 6.07) is 16.9. The molecule has 1 N–H and O–H groups in total. The minimum Gasteiger partial charge on any atom is -0.325 e. The molecular formula is C23H26N4O3S2. The van der Waals surface area contributed by atoms with Crippen LogP contribution in [0.15, 0.2) is 70.7 Å². The second-order valence-corrected chi connectivity index (χ2v) is 11.1. The zero-order valence-corrected chi connectivity index (χ0v) is 19.7. The van der Waals surface area contributed by atoms with Crippen molar-refractivity contribution in [2.75, 3.05) is 38.5 Å². The predicted molar refractivity (Wildman–Crippen MR) is 128 cm³/mol. The minimum absolute atomic E-state index is 0.137. The van der Waals surface area contributed by atoms with E-state index in [9.17, 15) is 13.2 Å². The van der Waals surface area contributed by atoms with Crippen molar-refractivity contribution in [1.82, 2.24) is 14.2 Å². The molecular weight excluding hydrogens is 444 g/mol. The average Bonchev–Trinajstić information content (AvgIpc) is 2.80. The first-order valence-corrected chi connectivity index (χ1v) is 12.8. The van der Waals surface area contributed by atoms with E-state index in [1.807, 2.05) is 56.4 Å². The third kappa shape index (κ3) is 4.96. The lowest BCUT2D eigenvalue weighted by molar-refractivity contribution is -0.115.